The van der Waals surface area contributed by atoms with Gasteiger partial charge in [-0.2, -0.15) is 0 Å². The minimum atomic E-state index is 0.653. The van der Waals surface area contributed by atoms with Crippen molar-refractivity contribution in [2.45, 2.75) is 6.42 Å². The summed E-state index contributed by atoms with van der Waals surface area (Å²) in [6.45, 7) is 0. The molecular formula is C64H39N5O. The molecule has 326 valence electrons. The van der Waals surface area contributed by atoms with E-state index in [0.29, 0.717) is 17.5 Å². The molecule has 0 aliphatic heterocycles. The van der Waals surface area contributed by atoms with E-state index >= 15 is 0 Å². The van der Waals surface area contributed by atoms with Crippen LogP contribution in [0.15, 0.2) is 229 Å². The molecule has 0 amide bonds. The van der Waals surface area contributed by atoms with Crippen molar-refractivity contribution in [2.24, 2.45) is 0 Å². The predicted octanol–water partition coefficient (Wildman–Crippen LogP) is 16.2. The van der Waals surface area contributed by atoms with Gasteiger partial charge in [0.25, 0.3) is 0 Å². The molecule has 6 nitrogen and oxygen atoms in total. The molecule has 4 aromatic heterocycles. The number of fused-ring (bicyclic) bond motifs is 13. The summed E-state index contributed by atoms with van der Waals surface area (Å²) in [5.74, 6) is 1.96. The molecule has 15 rings (SSSR count). The molecule has 6 heteroatoms. The van der Waals surface area contributed by atoms with Crippen LogP contribution < -0.4 is 0 Å². The van der Waals surface area contributed by atoms with Gasteiger partial charge in [-0.1, -0.05) is 164 Å². The van der Waals surface area contributed by atoms with Crippen LogP contribution in [-0.4, -0.2) is 24.1 Å². The summed E-state index contributed by atoms with van der Waals surface area (Å²) >= 11 is 0. The van der Waals surface area contributed by atoms with Crippen LogP contribution in [0.1, 0.15) is 11.1 Å². The number of aromatic nitrogens is 5. The molecule has 1 aliphatic carbocycles. The summed E-state index contributed by atoms with van der Waals surface area (Å²) in [5.41, 5.74) is 18.6. The van der Waals surface area contributed by atoms with Gasteiger partial charge in [0.05, 0.1) is 22.1 Å². The molecule has 0 radical (unpaired) electrons. The van der Waals surface area contributed by atoms with E-state index in [1.54, 1.807) is 0 Å². The molecule has 0 bridgehead atoms. The Labute approximate surface area is 402 Å². The van der Waals surface area contributed by atoms with Crippen molar-refractivity contribution in [3.63, 3.8) is 0 Å². The first-order valence-electron chi connectivity index (χ1n) is 23.8. The highest BCUT2D eigenvalue weighted by Gasteiger charge is 2.24. The maximum atomic E-state index is 7.14. The topological polar surface area (TPSA) is 61.7 Å². The highest BCUT2D eigenvalue weighted by atomic mass is 16.3. The Kier molecular flexibility index (Phi) is 8.32. The van der Waals surface area contributed by atoms with Crippen molar-refractivity contribution in [1.82, 2.24) is 24.1 Å². The number of nitrogens with zero attached hydrogens (tertiary/aromatic N) is 5. The molecule has 0 unspecified atom stereocenters. The average molecular weight is 894 g/mol. The first kappa shape index (κ1) is 38.7. The fourth-order valence-corrected chi connectivity index (χ4v) is 11.2. The van der Waals surface area contributed by atoms with Crippen LogP contribution in [0.25, 0.3) is 133 Å². The lowest BCUT2D eigenvalue weighted by Gasteiger charge is -2.12. The second-order valence-electron chi connectivity index (χ2n) is 18.3. The SMILES string of the molecule is c1ccc(-c2nc(-c3ccccc3)nc(-c3ccc4c(c3)-c3cc(-n5c6ccccc6c6cc(-c7cccc8c7oc7c8ccc8c9ccccc9n(-c9ccccc9)c87)ccc65)ccc3C4)n2)cc1. The maximum Gasteiger partial charge on any atom is 0.164 e. The first-order chi connectivity index (χ1) is 34.7. The number of hydrogen-bond donors (Lipinski definition) is 0. The summed E-state index contributed by atoms with van der Waals surface area (Å²) in [4.78, 5) is 15.1. The molecule has 4 heterocycles. The van der Waals surface area contributed by atoms with E-state index in [9.17, 15) is 0 Å². The molecule has 10 aromatic carbocycles. The zero-order valence-electron chi connectivity index (χ0n) is 37.7. The molecule has 0 spiro atoms. The Bertz CT molecular complexity index is 4370. The lowest BCUT2D eigenvalue weighted by Crippen LogP contribution is -2.00. The van der Waals surface area contributed by atoms with Gasteiger partial charge in [0.2, 0.25) is 0 Å². The van der Waals surface area contributed by atoms with Gasteiger partial charge in [0.15, 0.2) is 23.1 Å². The number of benzene rings is 10. The van der Waals surface area contributed by atoms with Crippen LogP contribution in [0.3, 0.4) is 0 Å². The highest BCUT2D eigenvalue weighted by Crippen LogP contribution is 2.45. The molecule has 0 saturated carbocycles. The molecule has 0 atom stereocenters. The molecule has 70 heavy (non-hydrogen) atoms. The third-order valence-corrected chi connectivity index (χ3v) is 14.4. The summed E-state index contributed by atoms with van der Waals surface area (Å²) in [5, 5.41) is 6.98. The first-order valence-corrected chi connectivity index (χ1v) is 23.8. The van der Waals surface area contributed by atoms with Crippen molar-refractivity contribution < 1.29 is 4.42 Å². The number of furan rings is 1. The van der Waals surface area contributed by atoms with Crippen LogP contribution in [0, 0.1) is 0 Å². The minimum absolute atomic E-state index is 0.653. The third kappa shape index (κ3) is 5.83. The highest BCUT2D eigenvalue weighted by molar-refractivity contribution is 6.23. The van der Waals surface area contributed by atoms with E-state index in [2.05, 4.69) is 173 Å². The largest absolute Gasteiger partial charge is 0.453 e. The Balaban J connectivity index is 0.858. The van der Waals surface area contributed by atoms with E-state index in [1.165, 1.54) is 43.8 Å². The summed E-state index contributed by atoms with van der Waals surface area (Å²) in [6.07, 6.45) is 0.872. The van der Waals surface area contributed by atoms with Gasteiger partial charge in [-0.05, 0) is 94.9 Å². The Morgan fingerprint density at radius 2 is 0.857 bits per heavy atom. The fourth-order valence-electron chi connectivity index (χ4n) is 11.2. The van der Waals surface area contributed by atoms with Crippen LogP contribution in [-0.2, 0) is 6.42 Å². The van der Waals surface area contributed by atoms with Gasteiger partial charge < -0.3 is 13.6 Å². The van der Waals surface area contributed by atoms with Crippen LogP contribution in [0.5, 0.6) is 0 Å². The lowest BCUT2D eigenvalue weighted by atomic mass is 10.00. The van der Waals surface area contributed by atoms with Gasteiger partial charge in [-0.25, -0.2) is 15.0 Å². The van der Waals surface area contributed by atoms with Crippen LogP contribution >= 0.6 is 0 Å². The maximum absolute atomic E-state index is 7.14. The van der Waals surface area contributed by atoms with Crippen LogP contribution in [0.4, 0.5) is 0 Å². The van der Waals surface area contributed by atoms with Crippen molar-refractivity contribution in [1.29, 1.82) is 0 Å². The smallest absolute Gasteiger partial charge is 0.164 e. The van der Waals surface area contributed by atoms with Gasteiger partial charge in [-0.3, -0.25) is 0 Å². The van der Waals surface area contributed by atoms with E-state index in [0.717, 1.165) is 89.6 Å². The summed E-state index contributed by atoms with van der Waals surface area (Å²) in [6, 6.07) is 79.9. The van der Waals surface area contributed by atoms with Gasteiger partial charge in [0, 0.05) is 65.9 Å². The Morgan fingerprint density at radius 3 is 1.59 bits per heavy atom. The predicted molar refractivity (Wildman–Crippen MR) is 286 cm³/mol. The van der Waals surface area contributed by atoms with E-state index < -0.39 is 0 Å². The Hall–Kier alpha value is -9.39. The Morgan fingerprint density at radius 1 is 0.314 bits per heavy atom. The monoisotopic (exact) mass is 893 g/mol. The van der Waals surface area contributed by atoms with E-state index in [4.69, 9.17) is 19.4 Å². The average Bonchev–Trinajstić information content (AvgIpc) is 4.19. The second-order valence-corrected chi connectivity index (χ2v) is 18.3. The number of rotatable bonds is 6. The fraction of sp³-hybridized carbons (Fsp3) is 0.0156. The summed E-state index contributed by atoms with van der Waals surface area (Å²) in [7, 11) is 0. The number of hydrogen-bond acceptors (Lipinski definition) is 4. The van der Waals surface area contributed by atoms with Crippen molar-refractivity contribution in [3.8, 4) is 67.8 Å². The van der Waals surface area contributed by atoms with Crippen molar-refractivity contribution in [3.05, 3.63) is 236 Å². The van der Waals surface area contributed by atoms with Crippen molar-refractivity contribution >= 4 is 65.6 Å². The standard InChI is InChI=1S/C64H39N5O/c1-4-15-39(16-5-1)62-65-63(40-17-6-2-7-18-40)67-64(66-62)44-28-27-41-35-42-29-31-46(38-54(42)53(41)37-44)68-56-25-12-11-22-49(56)55-36-43(30-34-58(55)68)47-23-14-24-51-52-33-32-50-48-21-10-13-26-57(48)69(45-19-8-3-9-20-45)59(50)61(52)70-60(47)51/h1-34,36-38H,35H2. The molecule has 14 aromatic rings. The quantitative estimate of drug-likeness (QED) is 0.167. The van der Waals surface area contributed by atoms with E-state index in [1.807, 2.05) is 60.7 Å². The molecule has 0 saturated heterocycles. The molecule has 0 fully saturated rings. The van der Waals surface area contributed by atoms with Gasteiger partial charge in [-0.15, -0.1) is 0 Å². The second kappa shape index (κ2) is 15.1. The molecular weight excluding hydrogens is 855 g/mol. The zero-order valence-corrected chi connectivity index (χ0v) is 37.7. The van der Waals surface area contributed by atoms with Gasteiger partial charge >= 0.3 is 0 Å². The van der Waals surface area contributed by atoms with Crippen molar-refractivity contribution in [2.75, 3.05) is 0 Å². The summed E-state index contributed by atoms with van der Waals surface area (Å²) < 4.78 is 11.9. The van der Waals surface area contributed by atoms with Gasteiger partial charge in [0.1, 0.15) is 5.58 Å². The zero-order chi connectivity index (χ0) is 45.9. The molecule has 1 aliphatic rings. The lowest BCUT2D eigenvalue weighted by molar-refractivity contribution is 0.672. The third-order valence-electron chi connectivity index (χ3n) is 14.4. The van der Waals surface area contributed by atoms with Crippen LogP contribution in [0.2, 0.25) is 0 Å². The minimum Gasteiger partial charge on any atom is -0.453 e. The van der Waals surface area contributed by atoms with E-state index in [-0.39, 0.29) is 0 Å². The number of para-hydroxylation sites is 4. The normalized spacial score (nSPS) is 12.2. The molecule has 0 N–H and O–H groups in total.